The predicted octanol–water partition coefficient (Wildman–Crippen LogP) is 0.0856. The molecule has 0 spiro atoms. The number of rotatable bonds is 6. The Balaban J connectivity index is 4.55. The number of nitrogens with zero attached hydrogens (tertiary/aromatic N) is 2. The molecule has 15 heavy (non-hydrogen) atoms. The molecule has 0 radical (unpaired) electrons. The summed E-state index contributed by atoms with van der Waals surface area (Å²) in [7, 11) is 0. The van der Waals surface area contributed by atoms with E-state index in [0.717, 1.165) is 0 Å². The maximum absolute atomic E-state index is 10.8. The topological polar surface area (TPSA) is 108 Å². The fourth-order valence-electron chi connectivity index (χ4n) is 0.592. The average Bonchev–Trinajstić information content (AvgIpc) is 2.16. The van der Waals surface area contributed by atoms with Gasteiger partial charge in [0, 0.05) is 11.8 Å². The summed E-state index contributed by atoms with van der Waals surface area (Å²) >= 11 is 0. The zero-order valence-electron chi connectivity index (χ0n) is 8.54. The Bertz CT molecular complexity index is 298. The van der Waals surface area contributed by atoms with E-state index in [1.165, 1.54) is 19.1 Å². The number of hydrogen-bond donors (Lipinski definition) is 1. The van der Waals surface area contributed by atoms with Gasteiger partial charge in [-0.15, -0.1) is 0 Å². The van der Waals surface area contributed by atoms with Crippen molar-refractivity contribution in [2.75, 3.05) is 6.61 Å². The minimum atomic E-state index is -0.906. The smallest absolute Gasteiger partial charge is 0.270 e. The van der Waals surface area contributed by atoms with E-state index in [1.807, 2.05) is 0 Å². The second kappa shape index (κ2) is 6.52. The van der Waals surface area contributed by atoms with Crippen molar-refractivity contribution in [1.29, 1.82) is 0 Å². The molecule has 0 saturated heterocycles. The number of nitrogens with two attached hydrogens (primary N) is 1. The van der Waals surface area contributed by atoms with Crippen LogP contribution in [0.4, 0.5) is 0 Å². The monoisotopic (exact) mass is 215 g/mol. The highest BCUT2D eigenvalue weighted by Crippen LogP contribution is 1.92. The summed E-state index contributed by atoms with van der Waals surface area (Å²) in [5.41, 5.74) is 4.82. The molecule has 0 aromatic carbocycles. The summed E-state index contributed by atoms with van der Waals surface area (Å²) in [5, 5.41) is 13.7. The maximum atomic E-state index is 10.8. The molecule has 2 N–H and O–H groups in total. The van der Waals surface area contributed by atoms with Gasteiger partial charge in [-0.25, -0.2) is 0 Å². The largest absolute Gasteiger partial charge is 0.395 e. The lowest BCUT2D eigenvalue weighted by molar-refractivity contribution is -0.504. The lowest BCUT2D eigenvalue weighted by Gasteiger charge is -1.97. The van der Waals surface area contributed by atoms with Gasteiger partial charge in [-0.1, -0.05) is 5.16 Å². The zero-order valence-corrected chi connectivity index (χ0v) is 8.54. The van der Waals surface area contributed by atoms with Crippen LogP contribution in [0.25, 0.3) is 0 Å². The van der Waals surface area contributed by atoms with Gasteiger partial charge in [0.05, 0.1) is 0 Å². The first kappa shape index (κ1) is 13.1. The van der Waals surface area contributed by atoms with Crippen molar-refractivity contribution in [2.45, 2.75) is 19.9 Å². The molecule has 1 amide bonds. The van der Waals surface area contributed by atoms with Crippen LogP contribution in [0.15, 0.2) is 17.3 Å². The van der Waals surface area contributed by atoms with E-state index in [1.54, 1.807) is 6.92 Å². The molecule has 7 heteroatoms. The Morgan fingerprint density at radius 2 is 2.33 bits per heavy atom. The Morgan fingerprint density at radius 3 is 2.73 bits per heavy atom. The van der Waals surface area contributed by atoms with Crippen LogP contribution >= 0.6 is 0 Å². The minimum Gasteiger partial charge on any atom is -0.395 e. The Labute approximate surface area is 86.7 Å². The van der Waals surface area contributed by atoms with Gasteiger partial charge in [-0.05, 0) is 19.1 Å². The van der Waals surface area contributed by atoms with Gasteiger partial charge in [0.2, 0.25) is 6.04 Å². The SMILES string of the molecule is CCO/N=C(/C=C/[C@@H](C)[N+](=O)[O-])C(N)=O. The highest BCUT2D eigenvalue weighted by molar-refractivity contribution is 6.42. The summed E-state index contributed by atoms with van der Waals surface area (Å²) in [6, 6.07) is -0.906. The molecule has 1 atom stereocenters. The zero-order chi connectivity index (χ0) is 11.8. The van der Waals surface area contributed by atoms with Gasteiger partial charge in [0.25, 0.3) is 5.91 Å². The van der Waals surface area contributed by atoms with Crippen LogP contribution in [0.2, 0.25) is 0 Å². The average molecular weight is 215 g/mol. The van der Waals surface area contributed by atoms with Crippen molar-refractivity contribution in [3.8, 4) is 0 Å². The van der Waals surface area contributed by atoms with Gasteiger partial charge >= 0.3 is 0 Å². The summed E-state index contributed by atoms with van der Waals surface area (Å²) in [4.78, 5) is 25.2. The van der Waals surface area contributed by atoms with Gasteiger partial charge < -0.3 is 10.6 Å². The molecule has 0 aliphatic rings. The minimum absolute atomic E-state index is 0.148. The molecule has 0 fully saturated rings. The first-order chi connectivity index (χ1) is 6.99. The number of primary amides is 1. The molecule has 0 saturated carbocycles. The lowest BCUT2D eigenvalue weighted by atomic mass is 10.2. The molecule has 0 unspecified atom stereocenters. The standard InChI is InChI=1S/C8H13N3O4/c1-3-15-10-7(8(9)12)5-4-6(2)11(13)14/h4-6H,3H2,1-2H3,(H2,9,12)/b5-4+,10-7-/t6-/m1/s1. The number of carbonyl (C=O) groups excluding carboxylic acids is 1. The van der Waals surface area contributed by atoms with Crippen LogP contribution in [0.1, 0.15) is 13.8 Å². The highest BCUT2D eigenvalue weighted by atomic mass is 16.6. The van der Waals surface area contributed by atoms with Crippen molar-refractivity contribution < 1.29 is 14.6 Å². The van der Waals surface area contributed by atoms with Crippen LogP contribution in [0.5, 0.6) is 0 Å². The third-order valence-electron chi connectivity index (χ3n) is 1.41. The van der Waals surface area contributed by atoms with Gasteiger partial charge in [-0.2, -0.15) is 0 Å². The van der Waals surface area contributed by atoms with E-state index in [4.69, 9.17) is 5.73 Å². The predicted molar refractivity (Wildman–Crippen MR) is 53.9 cm³/mol. The lowest BCUT2D eigenvalue weighted by Crippen LogP contribution is -2.22. The molecule has 0 rings (SSSR count). The van der Waals surface area contributed by atoms with Gasteiger partial charge in [-0.3, -0.25) is 14.9 Å². The van der Waals surface area contributed by atoms with Crippen LogP contribution < -0.4 is 5.73 Å². The summed E-state index contributed by atoms with van der Waals surface area (Å²) < 4.78 is 0. The quantitative estimate of drug-likeness (QED) is 0.384. The van der Waals surface area contributed by atoms with E-state index in [9.17, 15) is 14.9 Å². The fraction of sp³-hybridized carbons (Fsp3) is 0.500. The van der Waals surface area contributed by atoms with Crippen molar-refractivity contribution >= 4 is 11.6 Å². The Morgan fingerprint density at radius 1 is 1.73 bits per heavy atom. The number of carbonyl (C=O) groups is 1. The molecule has 7 nitrogen and oxygen atoms in total. The summed E-state index contributed by atoms with van der Waals surface area (Å²) in [5.74, 6) is -0.796. The number of nitro groups is 1. The van der Waals surface area contributed by atoms with Crippen LogP contribution in [0.3, 0.4) is 0 Å². The fourth-order valence-corrected chi connectivity index (χ4v) is 0.592. The normalized spacial score (nSPS) is 13.9. The van der Waals surface area contributed by atoms with E-state index in [-0.39, 0.29) is 12.3 Å². The summed E-state index contributed by atoms with van der Waals surface area (Å²) in [6.45, 7) is 3.34. The first-order valence-electron chi connectivity index (χ1n) is 4.30. The van der Waals surface area contributed by atoms with E-state index in [2.05, 4.69) is 9.99 Å². The summed E-state index contributed by atoms with van der Waals surface area (Å²) in [6.07, 6.45) is 2.38. The second-order valence-electron chi connectivity index (χ2n) is 2.64. The van der Waals surface area contributed by atoms with E-state index in [0.29, 0.717) is 0 Å². The third-order valence-corrected chi connectivity index (χ3v) is 1.41. The molecule has 0 aliphatic heterocycles. The number of oxime groups is 1. The van der Waals surface area contributed by atoms with Crippen LogP contribution in [-0.2, 0) is 9.63 Å². The molecule has 0 aliphatic carbocycles. The number of hydrogen-bond acceptors (Lipinski definition) is 5. The third kappa shape index (κ3) is 5.40. The van der Waals surface area contributed by atoms with E-state index >= 15 is 0 Å². The Hall–Kier alpha value is -1.92. The molecule has 0 heterocycles. The molecular formula is C8H13N3O4. The van der Waals surface area contributed by atoms with Crippen molar-refractivity contribution in [3.05, 3.63) is 22.3 Å². The molecule has 0 aromatic heterocycles. The van der Waals surface area contributed by atoms with Gasteiger partial charge in [0.15, 0.2) is 5.71 Å². The van der Waals surface area contributed by atoms with Crippen LogP contribution in [-0.4, -0.2) is 29.2 Å². The molecule has 84 valence electrons. The molecule has 0 bridgehead atoms. The van der Waals surface area contributed by atoms with E-state index < -0.39 is 16.9 Å². The second-order valence-corrected chi connectivity index (χ2v) is 2.64. The van der Waals surface area contributed by atoms with Crippen LogP contribution in [0, 0.1) is 10.1 Å². The van der Waals surface area contributed by atoms with Crippen molar-refractivity contribution in [2.24, 2.45) is 10.9 Å². The maximum Gasteiger partial charge on any atom is 0.270 e. The van der Waals surface area contributed by atoms with Crippen molar-refractivity contribution in [1.82, 2.24) is 0 Å². The Kier molecular flexibility index (Phi) is 5.69. The highest BCUT2D eigenvalue weighted by Gasteiger charge is 2.09. The first-order valence-corrected chi connectivity index (χ1v) is 4.30. The van der Waals surface area contributed by atoms with Gasteiger partial charge in [0.1, 0.15) is 6.61 Å². The molecule has 0 aromatic rings. The number of amides is 1. The molecular weight excluding hydrogens is 202 g/mol. The van der Waals surface area contributed by atoms with Crippen molar-refractivity contribution in [3.63, 3.8) is 0 Å².